The maximum atomic E-state index is 12.5. The first-order chi connectivity index (χ1) is 12.2. The number of benzene rings is 1. The van der Waals surface area contributed by atoms with Crippen LogP contribution in [0.2, 0.25) is 0 Å². The minimum atomic E-state index is 0.175. The molecule has 0 radical (unpaired) electrons. The lowest BCUT2D eigenvalue weighted by Crippen LogP contribution is -2.37. The molecule has 0 spiro atoms. The Labute approximate surface area is 150 Å². The van der Waals surface area contributed by atoms with Crippen LogP contribution in [-0.2, 0) is 17.8 Å². The fraction of sp³-hybridized carbons (Fsp3) is 0.500. The van der Waals surface area contributed by atoms with E-state index in [0.717, 1.165) is 51.3 Å². The van der Waals surface area contributed by atoms with Crippen molar-refractivity contribution in [1.29, 1.82) is 0 Å². The molecule has 1 aromatic heterocycles. The van der Waals surface area contributed by atoms with E-state index in [1.54, 1.807) is 4.68 Å². The molecule has 0 unspecified atom stereocenters. The zero-order valence-electron chi connectivity index (χ0n) is 15.1. The Balaban J connectivity index is 1.41. The van der Waals surface area contributed by atoms with Crippen LogP contribution in [0.5, 0.6) is 0 Å². The summed E-state index contributed by atoms with van der Waals surface area (Å²) in [7, 11) is 0. The van der Waals surface area contributed by atoms with Gasteiger partial charge in [-0.2, -0.15) is 5.10 Å². The molecule has 0 saturated carbocycles. The lowest BCUT2D eigenvalue weighted by molar-refractivity contribution is -0.131. The van der Waals surface area contributed by atoms with E-state index in [2.05, 4.69) is 40.3 Å². The molecule has 5 nitrogen and oxygen atoms in total. The molecule has 0 N–H and O–H groups in total. The van der Waals surface area contributed by atoms with Gasteiger partial charge in [-0.3, -0.25) is 9.48 Å². The van der Waals surface area contributed by atoms with Crippen molar-refractivity contribution in [2.45, 2.75) is 32.7 Å². The van der Waals surface area contributed by atoms with Crippen LogP contribution in [0.3, 0.4) is 0 Å². The summed E-state index contributed by atoms with van der Waals surface area (Å²) < 4.78 is 1.74. The number of hydrogen-bond acceptors (Lipinski definition) is 3. The van der Waals surface area contributed by atoms with E-state index in [1.165, 1.54) is 12.0 Å². The van der Waals surface area contributed by atoms with Gasteiger partial charge in [-0.25, -0.2) is 0 Å². The number of hydrogen-bond donors (Lipinski definition) is 0. The van der Waals surface area contributed by atoms with Crippen LogP contribution in [-0.4, -0.2) is 58.2 Å². The minimum Gasteiger partial charge on any atom is -0.340 e. The van der Waals surface area contributed by atoms with Crippen molar-refractivity contribution in [2.24, 2.45) is 0 Å². The maximum Gasteiger partial charge on any atom is 0.244 e. The Morgan fingerprint density at radius 1 is 1.08 bits per heavy atom. The number of nitrogens with zero attached hydrogens (tertiary/aromatic N) is 4. The Bertz CT molecular complexity index is 667. The van der Waals surface area contributed by atoms with Gasteiger partial charge in [-0.05, 0) is 50.9 Å². The lowest BCUT2D eigenvalue weighted by atomic mass is 10.1. The molecule has 134 valence electrons. The molecule has 1 amide bonds. The van der Waals surface area contributed by atoms with Gasteiger partial charge in [0.25, 0.3) is 0 Å². The quantitative estimate of drug-likeness (QED) is 0.811. The molecule has 2 heterocycles. The van der Waals surface area contributed by atoms with Crippen LogP contribution in [0.1, 0.15) is 24.1 Å². The number of aromatic nitrogens is 2. The van der Waals surface area contributed by atoms with Crippen molar-refractivity contribution in [3.8, 4) is 0 Å². The van der Waals surface area contributed by atoms with Gasteiger partial charge in [0.2, 0.25) is 5.91 Å². The highest BCUT2D eigenvalue weighted by Crippen LogP contribution is 2.08. The number of amides is 1. The Hall–Kier alpha value is -2.14. The normalized spacial score (nSPS) is 16.0. The van der Waals surface area contributed by atoms with Gasteiger partial charge in [0.1, 0.15) is 6.54 Å². The highest BCUT2D eigenvalue weighted by molar-refractivity contribution is 5.75. The molecular weight excluding hydrogens is 312 g/mol. The highest BCUT2D eigenvalue weighted by atomic mass is 16.2. The van der Waals surface area contributed by atoms with Crippen molar-refractivity contribution in [3.05, 3.63) is 53.9 Å². The fourth-order valence-electron chi connectivity index (χ4n) is 3.39. The summed E-state index contributed by atoms with van der Waals surface area (Å²) in [4.78, 5) is 17.0. The van der Waals surface area contributed by atoms with Gasteiger partial charge < -0.3 is 9.80 Å². The molecule has 2 aromatic rings. The van der Waals surface area contributed by atoms with Crippen molar-refractivity contribution < 1.29 is 4.79 Å². The molecule has 1 fully saturated rings. The molecule has 1 aromatic carbocycles. The zero-order chi connectivity index (χ0) is 17.5. The summed E-state index contributed by atoms with van der Waals surface area (Å²) in [5, 5.41) is 4.31. The van der Waals surface area contributed by atoms with Crippen molar-refractivity contribution in [3.63, 3.8) is 0 Å². The van der Waals surface area contributed by atoms with Crippen LogP contribution in [0.4, 0.5) is 0 Å². The van der Waals surface area contributed by atoms with Gasteiger partial charge in [-0.15, -0.1) is 0 Å². The van der Waals surface area contributed by atoms with E-state index >= 15 is 0 Å². The summed E-state index contributed by atoms with van der Waals surface area (Å²) in [5.41, 5.74) is 2.36. The Kier molecular flexibility index (Phi) is 6.23. The Morgan fingerprint density at radius 2 is 1.92 bits per heavy atom. The first kappa shape index (κ1) is 17.7. The van der Waals surface area contributed by atoms with Gasteiger partial charge >= 0.3 is 0 Å². The zero-order valence-corrected chi connectivity index (χ0v) is 15.1. The third kappa shape index (κ3) is 5.43. The van der Waals surface area contributed by atoms with Crippen LogP contribution < -0.4 is 0 Å². The van der Waals surface area contributed by atoms with Crippen molar-refractivity contribution in [1.82, 2.24) is 19.6 Å². The van der Waals surface area contributed by atoms with E-state index in [0.29, 0.717) is 6.54 Å². The second kappa shape index (κ2) is 8.81. The lowest BCUT2D eigenvalue weighted by Gasteiger charge is -2.22. The summed E-state index contributed by atoms with van der Waals surface area (Å²) >= 11 is 0. The Morgan fingerprint density at radius 3 is 2.68 bits per heavy atom. The SMILES string of the molecule is Cc1ccn(CC(=O)N2CCCN(CCCc3ccccc3)CC2)n1. The molecule has 5 heteroatoms. The van der Waals surface area contributed by atoms with E-state index in [1.807, 2.05) is 24.1 Å². The summed E-state index contributed by atoms with van der Waals surface area (Å²) in [6.07, 6.45) is 5.22. The van der Waals surface area contributed by atoms with E-state index < -0.39 is 0 Å². The van der Waals surface area contributed by atoms with E-state index in [9.17, 15) is 4.79 Å². The van der Waals surface area contributed by atoms with Crippen LogP contribution in [0.25, 0.3) is 0 Å². The molecule has 0 aliphatic carbocycles. The van der Waals surface area contributed by atoms with E-state index in [-0.39, 0.29) is 5.91 Å². The van der Waals surface area contributed by atoms with Crippen LogP contribution >= 0.6 is 0 Å². The van der Waals surface area contributed by atoms with Crippen LogP contribution in [0.15, 0.2) is 42.6 Å². The fourth-order valence-corrected chi connectivity index (χ4v) is 3.39. The highest BCUT2D eigenvalue weighted by Gasteiger charge is 2.19. The largest absolute Gasteiger partial charge is 0.340 e. The molecule has 1 saturated heterocycles. The van der Waals surface area contributed by atoms with Crippen molar-refractivity contribution >= 4 is 5.91 Å². The predicted octanol–water partition coefficient (Wildman–Crippen LogP) is 2.36. The third-order valence-electron chi connectivity index (χ3n) is 4.80. The van der Waals surface area contributed by atoms with Gasteiger partial charge in [0.05, 0.1) is 5.69 Å². The first-order valence-corrected chi connectivity index (χ1v) is 9.25. The second-order valence-electron chi connectivity index (χ2n) is 6.82. The molecule has 1 aliphatic rings. The average Bonchev–Trinajstić information content (AvgIpc) is 2.88. The summed E-state index contributed by atoms with van der Waals surface area (Å²) in [6, 6.07) is 12.6. The monoisotopic (exact) mass is 340 g/mol. The predicted molar refractivity (Wildman–Crippen MR) is 99.4 cm³/mol. The molecule has 1 aliphatic heterocycles. The maximum absolute atomic E-state index is 12.5. The first-order valence-electron chi connectivity index (χ1n) is 9.25. The van der Waals surface area contributed by atoms with Gasteiger partial charge in [0, 0.05) is 25.8 Å². The van der Waals surface area contributed by atoms with Gasteiger partial charge in [-0.1, -0.05) is 30.3 Å². The van der Waals surface area contributed by atoms with E-state index in [4.69, 9.17) is 0 Å². The number of carbonyl (C=O) groups is 1. The summed E-state index contributed by atoms with van der Waals surface area (Å²) in [5.74, 6) is 0.175. The van der Waals surface area contributed by atoms with Gasteiger partial charge in [0.15, 0.2) is 0 Å². The minimum absolute atomic E-state index is 0.175. The topological polar surface area (TPSA) is 41.4 Å². The molecule has 0 atom stereocenters. The summed E-state index contributed by atoms with van der Waals surface area (Å²) in [6.45, 7) is 7.13. The molecule has 25 heavy (non-hydrogen) atoms. The molecule has 0 bridgehead atoms. The molecule has 3 rings (SSSR count). The standard InChI is InChI=1S/C20H28N4O/c1-18-10-14-24(21-18)17-20(25)23-13-6-12-22(15-16-23)11-5-9-19-7-3-2-4-8-19/h2-4,7-8,10,14H,5-6,9,11-13,15-17H2,1H3. The van der Waals surface area contributed by atoms with Crippen molar-refractivity contribution in [2.75, 3.05) is 32.7 Å². The number of rotatable bonds is 6. The second-order valence-corrected chi connectivity index (χ2v) is 6.82. The average molecular weight is 340 g/mol. The molecular formula is C20H28N4O. The third-order valence-corrected chi connectivity index (χ3v) is 4.80. The number of carbonyl (C=O) groups excluding carboxylic acids is 1. The smallest absolute Gasteiger partial charge is 0.244 e. The number of aryl methyl sites for hydroxylation is 2. The van der Waals surface area contributed by atoms with Crippen LogP contribution in [0, 0.1) is 6.92 Å².